The van der Waals surface area contributed by atoms with Crippen molar-refractivity contribution in [2.45, 2.75) is 77.9 Å². The first-order chi connectivity index (χ1) is 17.4. The molecule has 0 unspecified atom stereocenters. The zero-order valence-electron chi connectivity index (χ0n) is 22.7. The van der Waals surface area contributed by atoms with Gasteiger partial charge in [0.15, 0.2) is 0 Å². The Hall–Kier alpha value is -2.31. The van der Waals surface area contributed by atoms with Gasteiger partial charge in [0, 0.05) is 37.3 Å². The maximum Gasteiger partial charge on any atom is 0.494 e. The number of fused-ring (bicyclic) bond motifs is 1. The number of amides is 1. The monoisotopic (exact) mass is 525 g/mol. The summed E-state index contributed by atoms with van der Waals surface area (Å²) >= 11 is 1.51. The van der Waals surface area contributed by atoms with Crippen LogP contribution < -0.4 is 10.8 Å². The van der Waals surface area contributed by atoms with Gasteiger partial charge in [-0.15, -0.1) is 11.3 Å². The molecule has 2 saturated heterocycles. The summed E-state index contributed by atoms with van der Waals surface area (Å²) in [6.07, 6.45) is 2.92. The maximum atomic E-state index is 13.3. The van der Waals surface area contributed by atoms with Gasteiger partial charge in [-0.05, 0) is 59.1 Å². The van der Waals surface area contributed by atoms with E-state index < -0.39 is 7.12 Å². The highest BCUT2D eigenvalue weighted by molar-refractivity contribution is 7.09. The summed E-state index contributed by atoms with van der Waals surface area (Å²) in [4.78, 5) is 20.2. The number of aryl methyl sites for hydroxylation is 1. The molecule has 2 aromatic heterocycles. The van der Waals surface area contributed by atoms with Gasteiger partial charge in [0.1, 0.15) is 10.7 Å². The molecular formula is C26H36BN5O4S. The molecule has 1 amide bonds. The predicted octanol–water partition coefficient (Wildman–Crippen LogP) is 3.58. The second-order valence-corrected chi connectivity index (χ2v) is 12.5. The van der Waals surface area contributed by atoms with Crippen molar-refractivity contribution >= 4 is 46.4 Å². The molecule has 0 bridgehead atoms. The molecule has 9 nitrogen and oxygen atoms in total. The third-order valence-electron chi connectivity index (χ3n) is 6.75. The van der Waals surface area contributed by atoms with Crippen LogP contribution in [0.5, 0.6) is 0 Å². The Kier molecular flexibility index (Phi) is 6.95. The number of nitrogens with zero attached hydrogens (tertiary/aromatic N) is 4. The molecule has 4 heterocycles. The number of ether oxygens (including phenoxy) is 1. The van der Waals surface area contributed by atoms with Crippen LogP contribution in [0.1, 0.15) is 63.5 Å². The number of anilines is 1. The van der Waals surface area contributed by atoms with E-state index in [4.69, 9.17) is 14.0 Å². The molecule has 0 saturated carbocycles. The second-order valence-electron chi connectivity index (χ2n) is 11.6. The van der Waals surface area contributed by atoms with Crippen molar-refractivity contribution in [1.29, 1.82) is 0 Å². The minimum atomic E-state index is -0.558. The van der Waals surface area contributed by atoms with Gasteiger partial charge < -0.3 is 19.4 Å². The summed E-state index contributed by atoms with van der Waals surface area (Å²) in [5.41, 5.74) is 2.10. The number of rotatable bonds is 5. The van der Waals surface area contributed by atoms with Crippen molar-refractivity contribution < 1.29 is 18.8 Å². The van der Waals surface area contributed by atoms with E-state index in [1.165, 1.54) is 11.3 Å². The molecule has 2 fully saturated rings. The van der Waals surface area contributed by atoms with Crippen LogP contribution in [-0.4, -0.2) is 69.2 Å². The van der Waals surface area contributed by atoms with Crippen LogP contribution in [0, 0.1) is 0 Å². The number of hydrogen-bond donors (Lipinski definition) is 1. The van der Waals surface area contributed by atoms with Crippen LogP contribution in [0.2, 0.25) is 0 Å². The molecule has 2 aliphatic heterocycles. The average molecular weight is 525 g/mol. The zero-order chi connectivity index (χ0) is 26.5. The smallest absolute Gasteiger partial charge is 0.402 e. The lowest BCUT2D eigenvalue weighted by Gasteiger charge is -2.44. The van der Waals surface area contributed by atoms with E-state index in [1.54, 1.807) is 10.9 Å². The molecular weight excluding hydrogens is 489 g/mol. The van der Waals surface area contributed by atoms with Gasteiger partial charge in [0.2, 0.25) is 0 Å². The molecule has 1 aromatic carbocycles. The first kappa shape index (κ1) is 26.3. The molecule has 3 aromatic rings. The summed E-state index contributed by atoms with van der Waals surface area (Å²) in [6.45, 7) is 14.9. The summed E-state index contributed by atoms with van der Waals surface area (Å²) in [7, 11) is 1.33. The minimum Gasteiger partial charge on any atom is -0.402 e. The average Bonchev–Trinajstić information content (AvgIpc) is 3.38. The summed E-state index contributed by atoms with van der Waals surface area (Å²) in [5.74, 6) is -0.250. The number of carbonyl (C=O) groups is 1. The summed E-state index contributed by atoms with van der Waals surface area (Å²) in [5, 5.41) is 11.1. The molecule has 2 aliphatic rings. The van der Waals surface area contributed by atoms with Gasteiger partial charge in [0.25, 0.3) is 5.91 Å². The number of aromatic nitrogens is 3. The van der Waals surface area contributed by atoms with E-state index in [0.717, 1.165) is 40.9 Å². The van der Waals surface area contributed by atoms with Gasteiger partial charge >= 0.3 is 7.12 Å². The predicted molar refractivity (Wildman–Crippen MR) is 146 cm³/mol. The number of carbonyl (C=O) groups excluding carboxylic acids is 1. The molecule has 198 valence electrons. The van der Waals surface area contributed by atoms with E-state index >= 15 is 0 Å². The van der Waals surface area contributed by atoms with Crippen molar-refractivity contribution in [3.05, 3.63) is 34.4 Å². The van der Waals surface area contributed by atoms with E-state index in [9.17, 15) is 4.79 Å². The van der Waals surface area contributed by atoms with Crippen molar-refractivity contribution in [3.8, 4) is 0 Å². The first-order valence-electron chi connectivity index (χ1n) is 12.8. The van der Waals surface area contributed by atoms with Gasteiger partial charge in [-0.3, -0.25) is 14.4 Å². The van der Waals surface area contributed by atoms with Gasteiger partial charge in [-0.25, -0.2) is 4.98 Å². The first-order valence-corrected chi connectivity index (χ1v) is 13.7. The maximum absolute atomic E-state index is 13.3. The van der Waals surface area contributed by atoms with Crippen LogP contribution in [0.25, 0.3) is 10.9 Å². The molecule has 2 atom stereocenters. The normalized spacial score (nSPS) is 23.9. The number of morpholine rings is 1. The number of benzene rings is 1. The minimum absolute atomic E-state index is 0.189. The molecule has 0 aliphatic carbocycles. The number of hydrogen-bond acceptors (Lipinski definition) is 8. The van der Waals surface area contributed by atoms with Crippen molar-refractivity contribution in [3.63, 3.8) is 0 Å². The topological polar surface area (TPSA) is 90.7 Å². The van der Waals surface area contributed by atoms with Crippen LogP contribution >= 0.6 is 11.3 Å². The van der Waals surface area contributed by atoms with E-state index in [1.807, 2.05) is 24.6 Å². The number of thiazole rings is 1. The van der Waals surface area contributed by atoms with Crippen molar-refractivity contribution in [2.24, 2.45) is 7.05 Å². The third-order valence-corrected chi connectivity index (χ3v) is 7.59. The largest absolute Gasteiger partial charge is 0.494 e. The number of nitrogens with one attached hydrogen (secondary N) is 1. The Morgan fingerprint density at radius 1 is 1.16 bits per heavy atom. The Balaban J connectivity index is 1.37. The molecule has 1 N–H and O–H groups in total. The standard InChI is InChI=1S/C26H36BN5O4S/c1-16-11-32(12-17(2)34-16)13-23-29-21(14-37-23)24(33)30-20-8-18(9-22-19(20)10-28-31(22)7)27-35-25(3,4)15-26(5,6)36-27/h8-10,14,16-17H,11-13,15H2,1-7H3,(H,30,33)/t16-,17+. The van der Waals surface area contributed by atoms with Gasteiger partial charge in [0.05, 0.1) is 47.4 Å². The molecule has 5 rings (SSSR count). The van der Waals surface area contributed by atoms with Crippen LogP contribution in [0.15, 0.2) is 23.7 Å². The quantitative estimate of drug-likeness (QED) is 0.510. The van der Waals surface area contributed by atoms with Crippen LogP contribution in [-0.2, 0) is 27.6 Å². The molecule has 37 heavy (non-hydrogen) atoms. The molecule has 0 radical (unpaired) electrons. The van der Waals surface area contributed by atoms with Crippen molar-refractivity contribution in [1.82, 2.24) is 19.7 Å². The van der Waals surface area contributed by atoms with E-state index in [0.29, 0.717) is 17.9 Å². The third kappa shape index (κ3) is 5.91. The van der Waals surface area contributed by atoms with Gasteiger partial charge in [-0.2, -0.15) is 5.10 Å². The lowest BCUT2D eigenvalue weighted by atomic mass is 9.72. The fraction of sp³-hybridized carbons (Fsp3) is 0.577. The fourth-order valence-electron chi connectivity index (χ4n) is 5.64. The highest BCUT2D eigenvalue weighted by Gasteiger charge is 2.44. The fourth-order valence-corrected chi connectivity index (χ4v) is 6.45. The molecule has 0 spiro atoms. The SMILES string of the molecule is C[C@@H]1CN(Cc2nc(C(=O)Nc3cc(B4OC(C)(C)CC(C)(C)O4)cc4c3cnn4C)cs2)C[C@H](C)O1. The molecule has 11 heteroatoms. The van der Waals surface area contributed by atoms with E-state index in [2.05, 4.69) is 61.8 Å². The summed E-state index contributed by atoms with van der Waals surface area (Å²) in [6, 6.07) is 3.94. The zero-order valence-corrected chi connectivity index (χ0v) is 23.5. The second kappa shape index (κ2) is 9.78. The summed E-state index contributed by atoms with van der Waals surface area (Å²) < 4.78 is 20.2. The Bertz CT molecular complexity index is 1280. The highest BCUT2D eigenvalue weighted by Crippen LogP contribution is 2.34. The van der Waals surface area contributed by atoms with Crippen LogP contribution in [0.4, 0.5) is 5.69 Å². The highest BCUT2D eigenvalue weighted by atomic mass is 32.1. The lowest BCUT2D eigenvalue weighted by Crippen LogP contribution is -2.56. The Labute approximate surface area is 222 Å². The van der Waals surface area contributed by atoms with Gasteiger partial charge in [-0.1, -0.05) is 0 Å². The van der Waals surface area contributed by atoms with Crippen LogP contribution in [0.3, 0.4) is 0 Å². The Morgan fingerprint density at radius 3 is 2.51 bits per heavy atom. The Morgan fingerprint density at radius 2 is 1.84 bits per heavy atom. The van der Waals surface area contributed by atoms with Crippen molar-refractivity contribution in [2.75, 3.05) is 18.4 Å². The van der Waals surface area contributed by atoms with E-state index in [-0.39, 0.29) is 29.3 Å². The lowest BCUT2D eigenvalue weighted by molar-refractivity contribution is -0.0717.